The maximum atomic E-state index is 11.9. The van der Waals surface area contributed by atoms with Crippen LogP contribution < -0.4 is 10.1 Å². The van der Waals surface area contributed by atoms with Gasteiger partial charge in [-0.3, -0.25) is 9.78 Å². The Bertz CT molecular complexity index is 538. The number of carbonyl (C=O) groups excluding carboxylic acids is 1. The van der Waals surface area contributed by atoms with Gasteiger partial charge in [-0.15, -0.1) is 0 Å². The van der Waals surface area contributed by atoms with Crippen molar-refractivity contribution in [3.8, 4) is 5.75 Å². The van der Waals surface area contributed by atoms with E-state index in [9.17, 15) is 4.79 Å². The summed E-state index contributed by atoms with van der Waals surface area (Å²) in [5, 5.41) is 2.75. The van der Waals surface area contributed by atoms with Crippen LogP contribution in [0.2, 0.25) is 0 Å². The Kier molecular flexibility index (Phi) is 4.13. The number of hydrogen-bond acceptors (Lipinski definition) is 3. The summed E-state index contributed by atoms with van der Waals surface area (Å²) in [4.78, 5) is 15.9. The zero-order valence-electron chi connectivity index (χ0n) is 11.0. The summed E-state index contributed by atoms with van der Waals surface area (Å²) < 4.78 is 5.57. The first-order valence-electron chi connectivity index (χ1n) is 6.09. The lowest BCUT2D eigenvalue weighted by atomic mass is 10.2. The SMILES string of the molecule is Cc1ccc(OC(C)C(=O)Nc2cccnc2)cc1. The van der Waals surface area contributed by atoms with Gasteiger partial charge < -0.3 is 10.1 Å². The highest BCUT2D eigenvalue weighted by atomic mass is 16.5. The number of rotatable bonds is 4. The second-order valence-corrected chi connectivity index (χ2v) is 4.30. The molecule has 0 fully saturated rings. The molecule has 0 aliphatic rings. The predicted octanol–water partition coefficient (Wildman–Crippen LogP) is 2.80. The van der Waals surface area contributed by atoms with Crippen LogP contribution in [0.5, 0.6) is 5.75 Å². The molecule has 1 aromatic carbocycles. The maximum absolute atomic E-state index is 11.9. The van der Waals surface area contributed by atoms with Gasteiger partial charge in [0.1, 0.15) is 5.75 Å². The van der Waals surface area contributed by atoms with Crippen molar-refractivity contribution in [3.63, 3.8) is 0 Å². The van der Waals surface area contributed by atoms with Crippen molar-refractivity contribution in [2.75, 3.05) is 5.32 Å². The van der Waals surface area contributed by atoms with Gasteiger partial charge in [-0.05, 0) is 38.1 Å². The topological polar surface area (TPSA) is 51.2 Å². The Balaban J connectivity index is 1.94. The molecule has 2 rings (SSSR count). The number of ether oxygens (including phenoxy) is 1. The van der Waals surface area contributed by atoms with E-state index in [1.807, 2.05) is 31.2 Å². The molecule has 0 aliphatic carbocycles. The molecule has 1 atom stereocenters. The number of aromatic nitrogens is 1. The van der Waals surface area contributed by atoms with E-state index in [1.54, 1.807) is 31.5 Å². The molecular weight excluding hydrogens is 240 g/mol. The van der Waals surface area contributed by atoms with Gasteiger partial charge in [0.15, 0.2) is 6.10 Å². The second-order valence-electron chi connectivity index (χ2n) is 4.30. The van der Waals surface area contributed by atoms with Gasteiger partial charge in [0, 0.05) is 6.20 Å². The summed E-state index contributed by atoms with van der Waals surface area (Å²) in [5.41, 5.74) is 1.81. The van der Waals surface area contributed by atoms with Gasteiger partial charge in [0.2, 0.25) is 0 Å². The molecule has 1 aromatic heterocycles. The van der Waals surface area contributed by atoms with Crippen LogP contribution in [0.3, 0.4) is 0 Å². The molecule has 4 heteroatoms. The normalized spacial score (nSPS) is 11.7. The van der Waals surface area contributed by atoms with E-state index in [2.05, 4.69) is 10.3 Å². The van der Waals surface area contributed by atoms with Gasteiger partial charge in [0.25, 0.3) is 5.91 Å². The van der Waals surface area contributed by atoms with Gasteiger partial charge in [-0.25, -0.2) is 0 Å². The van der Waals surface area contributed by atoms with E-state index in [0.717, 1.165) is 5.56 Å². The summed E-state index contributed by atoms with van der Waals surface area (Å²) in [6.07, 6.45) is 2.68. The van der Waals surface area contributed by atoms with Crippen molar-refractivity contribution in [2.45, 2.75) is 20.0 Å². The minimum atomic E-state index is -0.567. The third kappa shape index (κ3) is 3.81. The predicted molar refractivity (Wildman–Crippen MR) is 74.1 cm³/mol. The fourth-order valence-corrected chi connectivity index (χ4v) is 1.56. The number of amides is 1. The van der Waals surface area contributed by atoms with Crippen LogP contribution in [-0.2, 0) is 4.79 Å². The van der Waals surface area contributed by atoms with E-state index < -0.39 is 6.10 Å². The number of anilines is 1. The number of carbonyl (C=O) groups is 1. The number of pyridine rings is 1. The fraction of sp³-hybridized carbons (Fsp3) is 0.200. The molecular formula is C15H16N2O2. The molecule has 1 N–H and O–H groups in total. The second kappa shape index (κ2) is 6.00. The van der Waals surface area contributed by atoms with Crippen LogP contribution >= 0.6 is 0 Å². The van der Waals surface area contributed by atoms with Crippen molar-refractivity contribution in [1.29, 1.82) is 0 Å². The van der Waals surface area contributed by atoms with Crippen LogP contribution in [0.4, 0.5) is 5.69 Å². The van der Waals surface area contributed by atoms with Crippen LogP contribution in [0.1, 0.15) is 12.5 Å². The third-order valence-corrected chi connectivity index (χ3v) is 2.63. The third-order valence-electron chi connectivity index (χ3n) is 2.63. The average Bonchev–Trinajstić information content (AvgIpc) is 2.42. The first-order valence-corrected chi connectivity index (χ1v) is 6.09. The van der Waals surface area contributed by atoms with Crippen molar-refractivity contribution >= 4 is 11.6 Å². The minimum absolute atomic E-state index is 0.200. The van der Waals surface area contributed by atoms with E-state index in [-0.39, 0.29) is 5.91 Å². The smallest absolute Gasteiger partial charge is 0.265 e. The maximum Gasteiger partial charge on any atom is 0.265 e. The Hall–Kier alpha value is -2.36. The standard InChI is InChI=1S/C15H16N2O2/c1-11-5-7-14(8-6-11)19-12(2)15(18)17-13-4-3-9-16-10-13/h3-10,12H,1-2H3,(H,17,18). The van der Waals surface area contributed by atoms with E-state index in [1.165, 1.54) is 0 Å². The fourth-order valence-electron chi connectivity index (χ4n) is 1.56. The highest BCUT2D eigenvalue weighted by molar-refractivity contribution is 5.93. The number of nitrogens with one attached hydrogen (secondary N) is 1. The van der Waals surface area contributed by atoms with Crippen molar-refractivity contribution in [2.24, 2.45) is 0 Å². The first kappa shape index (κ1) is 13.1. The van der Waals surface area contributed by atoms with Gasteiger partial charge in [-0.2, -0.15) is 0 Å². The Morgan fingerprint density at radius 3 is 2.63 bits per heavy atom. The molecule has 0 spiro atoms. The molecule has 0 saturated carbocycles. The molecule has 1 amide bonds. The Labute approximate surface area is 112 Å². The average molecular weight is 256 g/mol. The Morgan fingerprint density at radius 2 is 2.00 bits per heavy atom. The lowest BCUT2D eigenvalue weighted by Crippen LogP contribution is -2.30. The quantitative estimate of drug-likeness (QED) is 0.915. The van der Waals surface area contributed by atoms with Gasteiger partial charge >= 0.3 is 0 Å². The Morgan fingerprint density at radius 1 is 1.26 bits per heavy atom. The molecule has 4 nitrogen and oxygen atoms in total. The summed E-state index contributed by atoms with van der Waals surface area (Å²) in [7, 11) is 0. The lowest BCUT2D eigenvalue weighted by Gasteiger charge is -2.14. The molecule has 1 heterocycles. The molecule has 19 heavy (non-hydrogen) atoms. The van der Waals surface area contributed by atoms with Crippen LogP contribution in [-0.4, -0.2) is 17.0 Å². The highest BCUT2D eigenvalue weighted by Crippen LogP contribution is 2.14. The van der Waals surface area contributed by atoms with Gasteiger partial charge in [0.05, 0.1) is 11.9 Å². The monoisotopic (exact) mass is 256 g/mol. The number of benzene rings is 1. The van der Waals surface area contributed by atoms with Crippen LogP contribution in [0, 0.1) is 6.92 Å². The molecule has 0 radical (unpaired) electrons. The van der Waals surface area contributed by atoms with Crippen molar-refractivity contribution in [3.05, 3.63) is 54.4 Å². The van der Waals surface area contributed by atoms with E-state index in [0.29, 0.717) is 11.4 Å². The van der Waals surface area contributed by atoms with E-state index >= 15 is 0 Å². The lowest BCUT2D eigenvalue weighted by molar-refractivity contribution is -0.122. The van der Waals surface area contributed by atoms with Crippen molar-refractivity contribution < 1.29 is 9.53 Å². The summed E-state index contributed by atoms with van der Waals surface area (Å²) in [6, 6.07) is 11.1. The molecule has 0 saturated heterocycles. The molecule has 98 valence electrons. The molecule has 0 bridgehead atoms. The zero-order chi connectivity index (χ0) is 13.7. The summed E-state index contributed by atoms with van der Waals surface area (Å²) >= 11 is 0. The first-order chi connectivity index (χ1) is 9.15. The minimum Gasteiger partial charge on any atom is -0.481 e. The zero-order valence-corrected chi connectivity index (χ0v) is 11.0. The van der Waals surface area contributed by atoms with Gasteiger partial charge in [-0.1, -0.05) is 17.7 Å². The van der Waals surface area contributed by atoms with E-state index in [4.69, 9.17) is 4.74 Å². The van der Waals surface area contributed by atoms with Crippen LogP contribution in [0.25, 0.3) is 0 Å². The number of aryl methyl sites for hydroxylation is 1. The van der Waals surface area contributed by atoms with Crippen LogP contribution in [0.15, 0.2) is 48.8 Å². The molecule has 1 unspecified atom stereocenters. The number of hydrogen-bond donors (Lipinski definition) is 1. The summed E-state index contributed by atoms with van der Waals surface area (Å²) in [5.74, 6) is 0.480. The molecule has 2 aromatic rings. The largest absolute Gasteiger partial charge is 0.481 e. The van der Waals surface area contributed by atoms with Crippen molar-refractivity contribution in [1.82, 2.24) is 4.98 Å². The number of nitrogens with zero attached hydrogens (tertiary/aromatic N) is 1. The highest BCUT2D eigenvalue weighted by Gasteiger charge is 2.14. The summed E-state index contributed by atoms with van der Waals surface area (Å²) in [6.45, 7) is 3.72. The molecule has 0 aliphatic heterocycles.